The van der Waals surface area contributed by atoms with Crippen LogP contribution in [0, 0.1) is 5.82 Å². The molecule has 194 valence electrons. The van der Waals surface area contributed by atoms with E-state index in [2.05, 4.69) is 15.3 Å². The van der Waals surface area contributed by atoms with Crippen LogP contribution in [0.25, 0.3) is 10.9 Å². The Kier molecular flexibility index (Phi) is 7.46. The summed E-state index contributed by atoms with van der Waals surface area (Å²) < 4.78 is 25.6. The van der Waals surface area contributed by atoms with Crippen molar-refractivity contribution in [3.05, 3.63) is 90.5 Å². The average molecular weight is 514 g/mol. The van der Waals surface area contributed by atoms with Gasteiger partial charge in [-0.3, -0.25) is 4.79 Å². The molecule has 0 spiro atoms. The number of benzene rings is 3. The number of carbonyl (C=O) groups excluding carboxylic acids is 1. The van der Waals surface area contributed by atoms with Crippen LogP contribution in [0.4, 0.5) is 21.6 Å². The summed E-state index contributed by atoms with van der Waals surface area (Å²) in [4.78, 5) is 25.5. The normalized spacial score (nSPS) is 13.0. The van der Waals surface area contributed by atoms with Gasteiger partial charge in [-0.2, -0.15) is 0 Å². The van der Waals surface area contributed by atoms with Gasteiger partial charge in [0.2, 0.25) is 0 Å². The molecule has 2 heterocycles. The maximum Gasteiger partial charge on any atom is 0.250 e. The molecule has 0 unspecified atom stereocenters. The molecule has 0 aliphatic carbocycles. The number of carbonyl (C=O) groups is 1. The largest absolute Gasteiger partial charge is 0.489 e. The number of hydrogen-bond donors (Lipinski definition) is 1. The van der Waals surface area contributed by atoms with Crippen molar-refractivity contribution in [1.82, 2.24) is 14.9 Å². The Balaban J connectivity index is 1.37. The molecule has 0 saturated heterocycles. The SMILES string of the molecule is CN(C)C/C=C/C(=O)N1CCOc2c1ccc1ncnc(Nc3ccc(OCc4ccccc4F)cc3)c21. The summed E-state index contributed by atoms with van der Waals surface area (Å²) in [5, 5.41) is 4.02. The van der Waals surface area contributed by atoms with E-state index in [4.69, 9.17) is 9.47 Å². The van der Waals surface area contributed by atoms with Crippen LogP contribution in [-0.2, 0) is 11.4 Å². The van der Waals surface area contributed by atoms with E-state index in [0.717, 1.165) is 5.69 Å². The number of ether oxygens (including phenoxy) is 2. The lowest BCUT2D eigenvalue weighted by Gasteiger charge is -2.30. The number of fused-ring (bicyclic) bond motifs is 3. The maximum atomic E-state index is 13.9. The van der Waals surface area contributed by atoms with Crippen molar-refractivity contribution in [2.75, 3.05) is 44.0 Å². The van der Waals surface area contributed by atoms with Crippen molar-refractivity contribution >= 4 is 34.0 Å². The van der Waals surface area contributed by atoms with Crippen LogP contribution in [0.1, 0.15) is 5.56 Å². The Morgan fingerprint density at radius 1 is 1.13 bits per heavy atom. The first kappa shape index (κ1) is 25.2. The van der Waals surface area contributed by atoms with Crippen molar-refractivity contribution in [2.45, 2.75) is 6.61 Å². The summed E-state index contributed by atoms with van der Waals surface area (Å²) in [6, 6.07) is 17.6. The molecular formula is C29H28FN5O3. The molecule has 4 aromatic rings. The summed E-state index contributed by atoms with van der Waals surface area (Å²) >= 11 is 0. The molecule has 9 heteroatoms. The monoisotopic (exact) mass is 513 g/mol. The molecule has 0 fully saturated rings. The lowest BCUT2D eigenvalue weighted by molar-refractivity contribution is -0.114. The average Bonchev–Trinajstić information content (AvgIpc) is 2.92. The first-order chi connectivity index (χ1) is 18.5. The highest BCUT2D eigenvalue weighted by Gasteiger charge is 2.26. The van der Waals surface area contributed by atoms with Gasteiger partial charge in [-0.1, -0.05) is 24.3 Å². The number of amides is 1. The summed E-state index contributed by atoms with van der Waals surface area (Å²) in [6.45, 7) is 1.63. The van der Waals surface area contributed by atoms with Crippen LogP contribution < -0.4 is 19.7 Å². The molecule has 8 nitrogen and oxygen atoms in total. The van der Waals surface area contributed by atoms with E-state index < -0.39 is 0 Å². The van der Waals surface area contributed by atoms with Gasteiger partial charge in [0.1, 0.15) is 36.9 Å². The number of halogens is 1. The number of nitrogens with zero attached hydrogens (tertiary/aromatic N) is 4. The Bertz CT molecular complexity index is 1470. The van der Waals surface area contributed by atoms with Crippen molar-refractivity contribution in [1.29, 1.82) is 0 Å². The van der Waals surface area contributed by atoms with Gasteiger partial charge in [0.15, 0.2) is 5.75 Å². The summed E-state index contributed by atoms with van der Waals surface area (Å²) in [6.07, 6.45) is 4.92. The highest BCUT2D eigenvalue weighted by atomic mass is 19.1. The van der Waals surface area contributed by atoms with E-state index in [1.54, 1.807) is 41.3 Å². The molecular weight excluding hydrogens is 485 g/mol. The first-order valence-electron chi connectivity index (χ1n) is 12.3. The number of hydrogen-bond acceptors (Lipinski definition) is 7. The van der Waals surface area contributed by atoms with Crippen molar-refractivity contribution in [3.8, 4) is 11.5 Å². The zero-order valence-corrected chi connectivity index (χ0v) is 21.2. The van der Waals surface area contributed by atoms with E-state index in [1.165, 1.54) is 12.4 Å². The third kappa shape index (κ3) is 5.57. The van der Waals surface area contributed by atoms with Gasteiger partial charge in [0.05, 0.1) is 23.1 Å². The molecule has 1 aliphatic heterocycles. The van der Waals surface area contributed by atoms with E-state index in [9.17, 15) is 9.18 Å². The van der Waals surface area contributed by atoms with E-state index in [-0.39, 0.29) is 18.3 Å². The maximum absolute atomic E-state index is 13.9. The number of likely N-dealkylation sites (N-methyl/N-ethyl adjacent to an activating group) is 1. The molecule has 3 aromatic carbocycles. The fraction of sp³-hybridized carbons (Fsp3) is 0.207. The molecule has 1 aliphatic rings. The fourth-order valence-electron chi connectivity index (χ4n) is 4.15. The van der Waals surface area contributed by atoms with Crippen LogP contribution in [0.2, 0.25) is 0 Å². The second-order valence-corrected chi connectivity index (χ2v) is 9.06. The molecule has 1 amide bonds. The van der Waals surface area contributed by atoms with Crippen LogP contribution in [0.15, 0.2) is 79.1 Å². The third-order valence-electron chi connectivity index (χ3n) is 6.05. The third-order valence-corrected chi connectivity index (χ3v) is 6.05. The highest BCUT2D eigenvalue weighted by Crippen LogP contribution is 2.41. The Labute approximate surface area is 220 Å². The highest BCUT2D eigenvalue weighted by molar-refractivity contribution is 6.07. The van der Waals surface area contributed by atoms with E-state index >= 15 is 0 Å². The van der Waals surface area contributed by atoms with Gasteiger partial charge in [-0.05, 0) is 56.6 Å². The number of rotatable bonds is 8. The van der Waals surface area contributed by atoms with Crippen molar-refractivity contribution in [3.63, 3.8) is 0 Å². The van der Waals surface area contributed by atoms with E-state index in [0.29, 0.717) is 59.2 Å². The molecule has 0 bridgehead atoms. The fourth-order valence-corrected chi connectivity index (χ4v) is 4.15. The lowest BCUT2D eigenvalue weighted by Crippen LogP contribution is -2.37. The first-order valence-corrected chi connectivity index (χ1v) is 12.3. The van der Waals surface area contributed by atoms with E-state index in [1.807, 2.05) is 49.3 Å². The standard InChI is InChI=1S/C29H28FN5O3/c1-34(2)15-5-8-26(36)35-16-17-37-28-25(35)14-13-24-27(28)29(32-19-31-24)33-21-9-11-22(12-10-21)38-18-20-6-3-4-7-23(20)30/h3-14,19H,15-18H2,1-2H3,(H,31,32,33)/b8-5+. The Morgan fingerprint density at radius 3 is 2.74 bits per heavy atom. The quantitative estimate of drug-likeness (QED) is 0.335. The van der Waals surface area contributed by atoms with Crippen LogP contribution in [0.5, 0.6) is 11.5 Å². The predicted molar refractivity (Wildman–Crippen MR) is 146 cm³/mol. The van der Waals surface area contributed by atoms with Gasteiger partial charge in [-0.15, -0.1) is 0 Å². The molecule has 38 heavy (non-hydrogen) atoms. The lowest BCUT2D eigenvalue weighted by atomic mass is 10.1. The molecule has 1 N–H and O–H groups in total. The van der Waals surface area contributed by atoms with Gasteiger partial charge in [0.25, 0.3) is 5.91 Å². The second kappa shape index (κ2) is 11.3. The molecule has 0 radical (unpaired) electrons. The Hall–Kier alpha value is -4.50. The molecule has 1 aromatic heterocycles. The molecule has 5 rings (SSSR count). The van der Waals surface area contributed by atoms with Gasteiger partial charge >= 0.3 is 0 Å². The zero-order chi connectivity index (χ0) is 26.5. The molecule has 0 saturated carbocycles. The van der Waals surface area contributed by atoms with Gasteiger partial charge < -0.3 is 24.6 Å². The van der Waals surface area contributed by atoms with Crippen molar-refractivity contribution < 1.29 is 18.7 Å². The topological polar surface area (TPSA) is 79.8 Å². The number of aromatic nitrogens is 2. The minimum Gasteiger partial charge on any atom is -0.489 e. The molecule has 0 atom stereocenters. The van der Waals surface area contributed by atoms with Crippen LogP contribution >= 0.6 is 0 Å². The summed E-state index contributed by atoms with van der Waals surface area (Å²) in [7, 11) is 3.90. The van der Waals surface area contributed by atoms with Crippen molar-refractivity contribution in [2.24, 2.45) is 0 Å². The van der Waals surface area contributed by atoms with Crippen LogP contribution in [-0.4, -0.2) is 54.6 Å². The zero-order valence-electron chi connectivity index (χ0n) is 21.2. The number of anilines is 3. The second-order valence-electron chi connectivity index (χ2n) is 9.06. The Morgan fingerprint density at radius 2 is 1.95 bits per heavy atom. The van der Waals surface area contributed by atoms with Crippen LogP contribution in [0.3, 0.4) is 0 Å². The summed E-state index contributed by atoms with van der Waals surface area (Å²) in [5.74, 6) is 1.34. The van der Waals surface area contributed by atoms with Gasteiger partial charge in [-0.25, -0.2) is 14.4 Å². The minimum absolute atomic E-state index is 0.104. The predicted octanol–water partition coefficient (Wildman–Crippen LogP) is 4.93. The smallest absolute Gasteiger partial charge is 0.250 e. The summed E-state index contributed by atoms with van der Waals surface area (Å²) in [5.41, 5.74) is 2.64. The minimum atomic E-state index is -0.295. The number of nitrogens with one attached hydrogen (secondary N) is 1. The van der Waals surface area contributed by atoms with Gasteiger partial charge in [0, 0.05) is 23.9 Å².